The molecule has 1 heterocycles. The summed E-state index contributed by atoms with van der Waals surface area (Å²) >= 11 is 1.35. The van der Waals surface area contributed by atoms with Crippen LogP contribution in [0.15, 0.2) is 120 Å². The first kappa shape index (κ1) is 22.8. The fraction of sp³-hybridized carbons (Fsp3) is 0.100. The molecule has 0 unspecified atom stereocenters. The zero-order chi connectivity index (χ0) is 24.2. The van der Waals surface area contributed by atoms with Gasteiger partial charge in [0, 0.05) is 16.8 Å². The van der Waals surface area contributed by atoms with Crippen molar-refractivity contribution in [1.82, 2.24) is 0 Å². The first-order valence-corrected chi connectivity index (χ1v) is 12.3. The van der Waals surface area contributed by atoms with Crippen molar-refractivity contribution in [2.45, 2.75) is 18.2 Å². The number of aryl methyl sites for hydroxylation is 1. The summed E-state index contributed by atoms with van der Waals surface area (Å²) in [6, 6.07) is 36.2. The number of ketones is 1. The van der Waals surface area contributed by atoms with Gasteiger partial charge in [-0.2, -0.15) is 4.99 Å². The molecular weight excluding hydrogens is 452 g/mol. The summed E-state index contributed by atoms with van der Waals surface area (Å²) in [7, 11) is 0. The van der Waals surface area contributed by atoms with Crippen molar-refractivity contribution >= 4 is 34.3 Å². The van der Waals surface area contributed by atoms with E-state index >= 15 is 0 Å². The number of rotatable bonds is 5. The van der Waals surface area contributed by atoms with Crippen molar-refractivity contribution in [3.8, 4) is 0 Å². The van der Waals surface area contributed by atoms with Crippen molar-refractivity contribution in [2.75, 3.05) is 4.90 Å². The third kappa shape index (κ3) is 4.81. The van der Waals surface area contributed by atoms with Crippen LogP contribution in [0.25, 0.3) is 0 Å². The Morgan fingerprint density at radius 3 is 1.91 bits per heavy atom. The maximum atomic E-state index is 13.8. The van der Waals surface area contributed by atoms with Crippen LogP contribution in [0.4, 0.5) is 5.69 Å². The molecule has 5 rings (SSSR count). The predicted octanol–water partition coefficient (Wildman–Crippen LogP) is 6.74. The number of para-hydroxylation sites is 1. The van der Waals surface area contributed by atoms with Crippen molar-refractivity contribution in [3.63, 3.8) is 0 Å². The average Bonchev–Trinajstić information content (AvgIpc) is 3.29. The molecule has 0 saturated carbocycles. The number of amidine groups is 1. The monoisotopic (exact) mass is 476 g/mol. The maximum Gasteiger partial charge on any atom is 0.279 e. The summed E-state index contributed by atoms with van der Waals surface area (Å²) in [4.78, 5) is 33.5. The van der Waals surface area contributed by atoms with Crippen LogP contribution in [0, 0.1) is 6.92 Å². The van der Waals surface area contributed by atoms with E-state index in [9.17, 15) is 9.59 Å². The normalized spacial score (nSPS) is 18.5. The number of nitrogens with zero attached hydrogens (tertiary/aromatic N) is 2. The minimum atomic E-state index is -0.468. The number of carbonyl (C=O) groups is 2. The molecule has 172 valence electrons. The van der Waals surface area contributed by atoms with Gasteiger partial charge >= 0.3 is 0 Å². The lowest BCUT2D eigenvalue weighted by molar-refractivity contribution is 0.0981. The van der Waals surface area contributed by atoms with Gasteiger partial charge in [0.2, 0.25) is 0 Å². The second-order valence-corrected chi connectivity index (χ2v) is 9.50. The van der Waals surface area contributed by atoms with E-state index in [2.05, 4.69) is 4.99 Å². The van der Waals surface area contributed by atoms with E-state index in [4.69, 9.17) is 0 Å². The highest BCUT2D eigenvalue weighted by Crippen LogP contribution is 2.46. The number of benzene rings is 4. The van der Waals surface area contributed by atoms with Gasteiger partial charge in [-0.1, -0.05) is 108 Å². The molecule has 0 aliphatic carbocycles. The summed E-state index contributed by atoms with van der Waals surface area (Å²) in [5, 5.41) is 0.0504. The predicted molar refractivity (Wildman–Crippen MR) is 143 cm³/mol. The first-order chi connectivity index (χ1) is 17.1. The number of hydrogen-bond donors (Lipinski definition) is 0. The number of amides is 1. The highest BCUT2D eigenvalue weighted by molar-refractivity contribution is 8.15. The second kappa shape index (κ2) is 10.1. The largest absolute Gasteiger partial charge is 0.312 e. The molecule has 0 aromatic heterocycles. The minimum absolute atomic E-state index is 0.0124. The van der Waals surface area contributed by atoms with Crippen molar-refractivity contribution < 1.29 is 9.59 Å². The molecule has 35 heavy (non-hydrogen) atoms. The Morgan fingerprint density at radius 2 is 1.29 bits per heavy atom. The Balaban J connectivity index is 1.63. The van der Waals surface area contributed by atoms with E-state index in [-0.39, 0.29) is 17.7 Å². The number of Topliss-reactive ketones (excluding diaryl/α,β-unsaturated/α-hetero) is 1. The van der Waals surface area contributed by atoms with E-state index in [1.165, 1.54) is 11.8 Å². The highest BCUT2D eigenvalue weighted by Gasteiger charge is 2.45. The number of aliphatic imine (C=N–C) groups is 1. The average molecular weight is 477 g/mol. The van der Waals surface area contributed by atoms with Crippen LogP contribution in [0.3, 0.4) is 0 Å². The van der Waals surface area contributed by atoms with Gasteiger partial charge in [-0.25, -0.2) is 0 Å². The summed E-state index contributed by atoms with van der Waals surface area (Å²) < 4.78 is 0. The van der Waals surface area contributed by atoms with Gasteiger partial charge in [0.05, 0.1) is 6.04 Å². The molecular formula is C30H24N2O2S. The van der Waals surface area contributed by atoms with Crippen LogP contribution in [-0.2, 0) is 0 Å². The van der Waals surface area contributed by atoms with Gasteiger partial charge in [0.15, 0.2) is 11.0 Å². The molecule has 4 aromatic carbocycles. The lowest BCUT2D eigenvalue weighted by atomic mass is 9.96. The van der Waals surface area contributed by atoms with E-state index in [1.807, 2.05) is 115 Å². The smallest absolute Gasteiger partial charge is 0.279 e. The van der Waals surface area contributed by atoms with Crippen LogP contribution >= 0.6 is 11.8 Å². The Labute approximate surface area is 209 Å². The van der Waals surface area contributed by atoms with Gasteiger partial charge < -0.3 is 4.90 Å². The van der Waals surface area contributed by atoms with Crippen LogP contribution in [0.1, 0.15) is 37.9 Å². The zero-order valence-corrected chi connectivity index (χ0v) is 20.1. The molecule has 0 N–H and O–H groups in total. The molecule has 1 saturated heterocycles. The molecule has 1 fully saturated rings. The quantitative estimate of drug-likeness (QED) is 0.299. The third-order valence-corrected chi connectivity index (χ3v) is 7.22. The van der Waals surface area contributed by atoms with Crippen molar-refractivity contribution in [3.05, 3.63) is 138 Å². The number of anilines is 1. The maximum absolute atomic E-state index is 13.8. The molecule has 4 aromatic rings. The molecule has 1 amide bonds. The van der Waals surface area contributed by atoms with Gasteiger partial charge in [0.25, 0.3) is 5.91 Å². The molecule has 0 spiro atoms. The van der Waals surface area contributed by atoms with E-state index in [0.717, 1.165) is 16.8 Å². The minimum Gasteiger partial charge on any atom is -0.312 e. The SMILES string of the molecule is Cc1ccc(C(=O)N=C2S[C@@H](C(=O)c3ccccc3)[C@H](c3ccccc3)N2c2ccccc2)cc1. The third-order valence-electron chi connectivity index (χ3n) is 5.99. The fourth-order valence-corrected chi connectivity index (χ4v) is 5.56. The molecule has 5 heteroatoms. The standard InChI is InChI=1S/C30H24N2O2S/c1-21-17-19-24(20-18-21)29(34)31-30-32(25-15-9-4-10-16-25)26(22-11-5-2-6-12-22)28(35-30)27(33)23-13-7-3-8-14-23/h2-20,26,28H,1H3/t26-,28+/m0/s1. The Hall–Kier alpha value is -3.96. The van der Waals surface area contributed by atoms with Gasteiger partial charge in [0.1, 0.15) is 5.25 Å². The van der Waals surface area contributed by atoms with Crippen LogP contribution < -0.4 is 4.90 Å². The summed E-state index contributed by atoms with van der Waals surface area (Å²) in [5.41, 5.74) is 4.11. The summed E-state index contributed by atoms with van der Waals surface area (Å²) in [5.74, 6) is -0.313. The van der Waals surface area contributed by atoms with Gasteiger partial charge in [-0.15, -0.1) is 0 Å². The molecule has 0 bridgehead atoms. The number of thioether (sulfide) groups is 1. The Morgan fingerprint density at radius 1 is 0.714 bits per heavy atom. The molecule has 1 aliphatic heterocycles. The van der Waals surface area contributed by atoms with Crippen LogP contribution in [0.2, 0.25) is 0 Å². The molecule has 0 radical (unpaired) electrons. The summed E-state index contributed by atoms with van der Waals surface area (Å²) in [6.07, 6.45) is 0. The molecule has 1 aliphatic rings. The van der Waals surface area contributed by atoms with E-state index in [0.29, 0.717) is 16.3 Å². The topological polar surface area (TPSA) is 49.7 Å². The van der Waals surface area contributed by atoms with Crippen molar-refractivity contribution in [1.29, 1.82) is 0 Å². The van der Waals surface area contributed by atoms with Gasteiger partial charge in [-0.05, 0) is 36.8 Å². The van der Waals surface area contributed by atoms with E-state index in [1.54, 1.807) is 12.1 Å². The molecule has 4 nitrogen and oxygen atoms in total. The zero-order valence-electron chi connectivity index (χ0n) is 19.2. The van der Waals surface area contributed by atoms with Crippen molar-refractivity contribution in [2.24, 2.45) is 4.99 Å². The van der Waals surface area contributed by atoms with Crippen LogP contribution in [0.5, 0.6) is 0 Å². The number of carbonyl (C=O) groups excluding carboxylic acids is 2. The Bertz CT molecular complexity index is 1350. The van der Waals surface area contributed by atoms with E-state index < -0.39 is 5.25 Å². The Kier molecular flexibility index (Phi) is 6.59. The fourth-order valence-electron chi connectivity index (χ4n) is 4.21. The lowest BCUT2D eigenvalue weighted by Gasteiger charge is -2.28. The number of hydrogen-bond acceptors (Lipinski definition) is 3. The van der Waals surface area contributed by atoms with Gasteiger partial charge in [-0.3, -0.25) is 9.59 Å². The van der Waals surface area contributed by atoms with Crippen LogP contribution in [-0.4, -0.2) is 22.1 Å². The highest BCUT2D eigenvalue weighted by atomic mass is 32.2. The molecule has 2 atom stereocenters. The first-order valence-electron chi connectivity index (χ1n) is 11.5. The summed E-state index contributed by atoms with van der Waals surface area (Å²) in [6.45, 7) is 1.98. The lowest BCUT2D eigenvalue weighted by Crippen LogP contribution is -2.33. The second-order valence-electron chi connectivity index (χ2n) is 8.40.